The van der Waals surface area contributed by atoms with Gasteiger partial charge >= 0.3 is 12.2 Å². The highest BCUT2D eigenvalue weighted by Crippen LogP contribution is 2.21. The molecule has 0 radical (unpaired) electrons. The zero-order chi connectivity index (χ0) is 21.0. The highest BCUT2D eigenvalue weighted by molar-refractivity contribution is 5.96. The fourth-order valence-electron chi connectivity index (χ4n) is 3.58. The van der Waals surface area contributed by atoms with E-state index in [1.165, 1.54) is 4.90 Å². The minimum Gasteiger partial charge on any atom is -0.345 e. The zero-order valence-corrected chi connectivity index (χ0v) is 15.8. The fraction of sp³-hybridized carbons (Fsp3) is 0.526. The second-order valence-corrected chi connectivity index (χ2v) is 7.19. The topological polar surface area (TPSA) is 81.8 Å². The van der Waals surface area contributed by atoms with Gasteiger partial charge in [0.1, 0.15) is 12.6 Å². The van der Waals surface area contributed by atoms with E-state index in [2.05, 4.69) is 5.32 Å². The largest absolute Gasteiger partial charge is 0.405 e. The van der Waals surface area contributed by atoms with Crippen LogP contribution in [0, 0.1) is 0 Å². The first-order valence-electron chi connectivity index (χ1n) is 9.56. The molecule has 1 aromatic carbocycles. The lowest BCUT2D eigenvalue weighted by Gasteiger charge is -2.24. The predicted molar refractivity (Wildman–Crippen MR) is 99.4 cm³/mol. The number of hydrogen-bond donors (Lipinski definition) is 2. The van der Waals surface area contributed by atoms with Gasteiger partial charge in [-0.3, -0.25) is 9.59 Å². The molecule has 1 unspecified atom stereocenters. The van der Waals surface area contributed by atoms with Crippen molar-refractivity contribution in [2.75, 3.05) is 31.5 Å². The van der Waals surface area contributed by atoms with Crippen molar-refractivity contribution in [1.29, 1.82) is 0 Å². The number of rotatable bonds is 4. The van der Waals surface area contributed by atoms with Crippen LogP contribution in [-0.2, 0) is 4.79 Å². The lowest BCUT2D eigenvalue weighted by molar-refractivity contribution is -0.140. The molecule has 29 heavy (non-hydrogen) atoms. The van der Waals surface area contributed by atoms with Gasteiger partial charge in [0.15, 0.2) is 0 Å². The number of likely N-dealkylation sites (tertiary alicyclic amines) is 2. The number of nitrogens with zero attached hydrogens (tertiary/aromatic N) is 2. The van der Waals surface area contributed by atoms with Gasteiger partial charge in [0, 0.05) is 30.9 Å². The lowest BCUT2D eigenvalue weighted by atomic mass is 10.2. The molecule has 4 amide bonds. The number of halogens is 3. The molecule has 7 nitrogen and oxygen atoms in total. The van der Waals surface area contributed by atoms with Crippen molar-refractivity contribution in [2.45, 2.75) is 37.9 Å². The van der Waals surface area contributed by atoms with E-state index < -0.39 is 30.7 Å². The Balaban J connectivity index is 1.57. The number of nitrogens with one attached hydrogen (secondary N) is 2. The molecular formula is C19H23F3N4O3. The minimum atomic E-state index is -4.50. The number of urea groups is 1. The van der Waals surface area contributed by atoms with E-state index >= 15 is 0 Å². The number of anilines is 1. The Hall–Kier alpha value is -2.78. The molecule has 2 aliphatic heterocycles. The molecule has 0 bridgehead atoms. The van der Waals surface area contributed by atoms with E-state index in [4.69, 9.17) is 0 Å². The number of carbonyl (C=O) groups is 3. The molecule has 1 aromatic rings. The molecule has 3 rings (SSSR count). The van der Waals surface area contributed by atoms with Gasteiger partial charge in [0.05, 0.1) is 0 Å². The smallest absolute Gasteiger partial charge is 0.345 e. The van der Waals surface area contributed by atoms with Gasteiger partial charge in [-0.25, -0.2) is 4.79 Å². The Morgan fingerprint density at radius 3 is 2.28 bits per heavy atom. The highest BCUT2D eigenvalue weighted by atomic mass is 19.4. The molecule has 158 valence electrons. The second kappa shape index (κ2) is 8.71. The van der Waals surface area contributed by atoms with Gasteiger partial charge in [0.25, 0.3) is 5.91 Å². The molecular weight excluding hydrogens is 389 g/mol. The van der Waals surface area contributed by atoms with Gasteiger partial charge in [-0.1, -0.05) is 0 Å². The molecule has 2 saturated heterocycles. The Bertz CT molecular complexity index is 761. The van der Waals surface area contributed by atoms with Crippen molar-refractivity contribution in [1.82, 2.24) is 15.1 Å². The van der Waals surface area contributed by atoms with Crippen LogP contribution in [0.4, 0.5) is 23.7 Å². The molecule has 0 saturated carbocycles. The van der Waals surface area contributed by atoms with Gasteiger partial charge < -0.3 is 20.4 Å². The quantitative estimate of drug-likeness (QED) is 0.798. The van der Waals surface area contributed by atoms with Crippen LogP contribution in [0.3, 0.4) is 0 Å². The van der Waals surface area contributed by atoms with E-state index in [1.807, 2.05) is 5.32 Å². The summed E-state index contributed by atoms with van der Waals surface area (Å²) in [6.07, 6.45) is -1.68. The molecule has 2 N–H and O–H groups in total. The summed E-state index contributed by atoms with van der Waals surface area (Å²) >= 11 is 0. The van der Waals surface area contributed by atoms with Crippen molar-refractivity contribution < 1.29 is 27.6 Å². The Morgan fingerprint density at radius 2 is 1.66 bits per heavy atom. The summed E-state index contributed by atoms with van der Waals surface area (Å²) in [6.45, 7) is 0.333. The van der Waals surface area contributed by atoms with Crippen LogP contribution in [-0.4, -0.2) is 66.0 Å². The van der Waals surface area contributed by atoms with Crippen molar-refractivity contribution in [3.8, 4) is 0 Å². The maximum Gasteiger partial charge on any atom is 0.405 e. The van der Waals surface area contributed by atoms with E-state index in [0.717, 1.165) is 25.9 Å². The van der Waals surface area contributed by atoms with Gasteiger partial charge in [-0.05, 0) is 49.9 Å². The van der Waals surface area contributed by atoms with Crippen molar-refractivity contribution in [3.63, 3.8) is 0 Å². The van der Waals surface area contributed by atoms with Crippen LogP contribution < -0.4 is 10.6 Å². The van der Waals surface area contributed by atoms with Gasteiger partial charge in [-0.15, -0.1) is 0 Å². The Labute approximate surface area is 166 Å². The van der Waals surface area contributed by atoms with Crippen molar-refractivity contribution >= 4 is 23.5 Å². The monoisotopic (exact) mass is 412 g/mol. The fourth-order valence-corrected chi connectivity index (χ4v) is 3.58. The molecule has 10 heteroatoms. The summed E-state index contributed by atoms with van der Waals surface area (Å²) < 4.78 is 36.9. The van der Waals surface area contributed by atoms with Crippen molar-refractivity contribution in [3.05, 3.63) is 29.8 Å². The zero-order valence-electron chi connectivity index (χ0n) is 15.8. The predicted octanol–water partition coefficient (Wildman–Crippen LogP) is 2.60. The lowest BCUT2D eigenvalue weighted by Crippen LogP contribution is -2.49. The van der Waals surface area contributed by atoms with Crippen LogP contribution in [0.2, 0.25) is 0 Å². The average Bonchev–Trinajstić information content (AvgIpc) is 3.37. The number of benzene rings is 1. The molecule has 0 aromatic heterocycles. The number of alkyl halides is 3. The number of amides is 4. The van der Waals surface area contributed by atoms with Gasteiger partial charge in [0.2, 0.25) is 5.91 Å². The SMILES string of the molecule is O=C(NCC(F)(F)F)C1CCCN1C(=O)Nc1ccc(C(=O)N2CCCC2)cc1. The number of hydrogen-bond acceptors (Lipinski definition) is 3. The highest BCUT2D eigenvalue weighted by Gasteiger charge is 2.36. The summed E-state index contributed by atoms with van der Waals surface area (Å²) in [5.74, 6) is -0.872. The summed E-state index contributed by atoms with van der Waals surface area (Å²) in [5.41, 5.74) is 0.963. The van der Waals surface area contributed by atoms with Crippen LogP contribution >= 0.6 is 0 Å². The van der Waals surface area contributed by atoms with Crippen LogP contribution in [0.15, 0.2) is 24.3 Å². The molecule has 2 aliphatic rings. The third-order valence-electron chi connectivity index (χ3n) is 5.06. The van der Waals surface area contributed by atoms with E-state index in [9.17, 15) is 27.6 Å². The first kappa shape index (κ1) is 20.9. The van der Waals surface area contributed by atoms with Crippen LogP contribution in [0.5, 0.6) is 0 Å². The molecule has 2 heterocycles. The summed E-state index contributed by atoms with van der Waals surface area (Å²) in [4.78, 5) is 39.9. The van der Waals surface area contributed by atoms with Crippen LogP contribution in [0.1, 0.15) is 36.0 Å². The maximum atomic E-state index is 12.5. The summed E-state index contributed by atoms with van der Waals surface area (Å²) in [5, 5.41) is 4.47. The van der Waals surface area contributed by atoms with Crippen molar-refractivity contribution in [2.24, 2.45) is 0 Å². The van der Waals surface area contributed by atoms with E-state index in [-0.39, 0.29) is 12.5 Å². The summed E-state index contributed by atoms with van der Waals surface area (Å²) in [6, 6.07) is 4.93. The molecule has 0 spiro atoms. The van der Waals surface area contributed by atoms with Gasteiger partial charge in [-0.2, -0.15) is 13.2 Å². The van der Waals surface area contributed by atoms with E-state index in [0.29, 0.717) is 24.1 Å². The molecule has 0 aliphatic carbocycles. The first-order chi connectivity index (χ1) is 13.7. The Morgan fingerprint density at radius 1 is 1.00 bits per heavy atom. The summed E-state index contributed by atoms with van der Waals surface area (Å²) in [7, 11) is 0. The third-order valence-corrected chi connectivity index (χ3v) is 5.06. The maximum absolute atomic E-state index is 12.5. The van der Waals surface area contributed by atoms with E-state index in [1.54, 1.807) is 29.2 Å². The second-order valence-electron chi connectivity index (χ2n) is 7.19. The third kappa shape index (κ3) is 5.39. The first-order valence-corrected chi connectivity index (χ1v) is 9.56. The minimum absolute atomic E-state index is 0.0543. The number of carbonyl (C=O) groups excluding carboxylic acids is 3. The van der Waals surface area contributed by atoms with Crippen LogP contribution in [0.25, 0.3) is 0 Å². The molecule has 1 atom stereocenters. The average molecular weight is 412 g/mol. The molecule has 2 fully saturated rings. The normalized spacial score (nSPS) is 19.3. The Kier molecular flexibility index (Phi) is 6.29. The standard InChI is InChI=1S/C19H23F3N4O3/c20-19(21,22)12-23-16(27)15-4-3-11-26(15)18(29)24-14-7-5-13(6-8-14)17(28)25-9-1-2-10-25/h5-8,15H,1-4,9-12H2,(H,23,27)(H,24,29).